The number of amides is 1. The fraction of sp³-hybridized carbons (Fsp3) is 0.400. The van der Waals surface area contributed by atoms with Gasteiger partial charge in [-0.05, 0) is 37.0 Å². The predicted molar refractivity (Wildman–Crippen MR) is 104 cm³/mol. The second kappa shape index (κ2) is 9.66. The second-order valence-corrected chi connectivity index (χ2v) is 6.45. The van der Waals surface area contributed by atoms with E-state index in [-0.39, 0.29) is 5.91 Å². The molecule has 1 aromatic heterocycles. The minimum atomic E-state index is -0.230. The van der Waals surface area contributed by atoms with Gasteiger partial charge in [-0.15, -0.1) is 0 Å². The van der Waals surface area contributed by atoms with Crippen molar-refractivity contribution in [2.75, 3.05) is 26.7 Å². The third kappa shape index (κ3) is 6.06. The van der Waals surface area contributed by atoms with Gasteiger partial charge in [0.05, 0.1) is 12.9 Å². The van der Waals surface area contributed by atoms with Crippen molar-refractivity contribution in [1.29, 1.82) is 0 Å². The normalized spacial score (nSPS) is 13.9. The number of carbonyl (C=O) groups excluding carboxylic acids is 1. The van der Waals surface area contributed by atoms with Crippen LogP contribution in [0.2, 0.25) is 0 Å². The van der Waals surface area contributed by atoms with E-state index in [9.17, 15) is 4.79 Å². The van der Waals surface area contributed by atoms with Crippen molar-refractivity contribution in [3.63, 3.8) is 0 Å². The number of benzene rings is 1. The first-order chi connectivity index (χ1) is 13.3. The number of aliphatic imine (C=N–C) groups is 1. The molecule has 1 amide bonds. The monoisotopic (exact) mass is 370 g/mol. The minimum Gasteiger partial charge on any atom is -0.493 e. The largest absolute Gasteiger partial charge is 0.493 e. The first kappa shape index (κ1) is 18.8. The molecular weight excluding hydrogens is 344 g/mol. The number of hydrogen-bond donors (Lipinski definition) is 3. The first-order valence-corrected chi connectivity index (χ1v) is 9.23. The van der Waals surface area contributed by atoms with Crippen LogP contribution in [-0.2, 0) is 6.54 Å². The molecule has 1 fully saturated rings. The molecule has 27 heavy (non-hydrogen) atoms. The molecule has 1 aromatic carbocycles. The van der Waals surface area contributed by atoms with Gasteiger partial charge in [-0.3, -0.25) is 9.79 Å². The standard InChI is InChI=1S/C20H26N4O3/c1-21-20(23-11-10-22-19(25)18-7-4-12-26-18)24-13-16-5-2-3-6-17(16)27-14-15-8-9-15/h2-7,12,15H,8-11,13-14H2,1H3,(H,22,25)(H2,21,23,24). The average molecular weight is 370 g/mol. The van der Waals surface area contributed by atoms with Crippen LogP contribution < -0.4 is 20.7 Å². The summed E-state index contributed by atoms with van der Waals surface area (Å²) in [4.78, 5) is 16.0. The molecule has 3 N–H and O–H groups in total. The highest BCUT2D eigenvalue weighted by atomic mass is 16.5. The number of carbonyl (C=O) groups is 1. The van der Waals surface area contributed by atoms with Gasteiger partial charge in [-0.1, -0.05) is 18.2 Å². The van der Waals surface area contributed by atoms with Crippen LogP contribution >= 0.6 is 0 Å². The maximum absolute atomic E-state index is 11.8. The Hall–Kier alpha value is -2.96. The molecule has 0 atom stereocenters. The summed E-state index contributed by atoms with van der Waals surface area (Å²) < 4.78 is 11.0. The summed E-state index contributed by atoms with van der Waals surface area (Å²) in [7, 11) is 1.71. The fourth-order valence-corrected chi connectivity index (χ4v) is 2.53. The zero-order chi connectivity index (χ0) is 18.9. The topological polar surface area (TPSA) is 87.9 Å². The van der Waals surface area contributed by atoms with Gasteiger partial charge in [0.15, 0.2) is 11.7 Å². The number of nitrogens with zero attached hydrogens (tertiary/aromatic N) is 1. The fourth-order valence-electron chi connectivity index (χ4n) is 2.53. The maximum Gasteiger partial charge on any atom is 0.287 e. The number of rotatable bonds is 9. The Morgan fingerprint density at radius 1 is 1.15 bits per heavy atom. The highest BCUT2D eigenvalue weighted by molar-refractivity contribution is 5.91. The van der Waals surface area contributed by atoms with E-state index in [4.69, 9.17) is 9.15 Å². The Bertz CT molecular complexity index is 754. The molecule has 0 unspecified atom stereocenters. The van der Waals surface area contributed by atoms with Crippen LogP contribution in [-0.4, -0.2) is 38.6 Å². The third-order valence-electron chi connectivity index (χ3n) is 4.26. The Morgan fingerprint density at radius 2 is 1.96 bits per heavy atom. The summed E-state index contributed by atoms with van der Waals surface area (Å²) in [5, 5.41) is 9.23. The highest BCUT2D eigenvalue weighted by Gasteiger charge is 2.22. The lowest BCUT2D eigenvalue weighted by Gasteiger charge is -2.15. The van der Waals surface area contributed by atoms with E-state index in [1.165, 1.54) is 19.1 Å². The molecule has 7 nitrogen and oxygen atoms in total. The van der Waals surface area contributed by atoms with Gasteiger partial charge in [0, 0.05) is 32.2 Å². The van der Waals surface area contributed by atoms with Crippen LogP contribution in [0, 0.1) is 5.92 Å². The number of ether oxygens (including phenoxy) is 1. The number of hydrogen-bond acceptors (Lipinski definition) is 4. The van der Waals surface area contributed by atoms with Gasteiger partial charge in [-0.25, -0.2) is 0 Å². The van der Waals surface area contributed by atoms with Crippen molar-refractivity contribution in [2.45, 2.75) is 19.4 Å². The average Bonchev–Trinajstić information content (AvgIpc) is 3.36. The molecular formula is C20H26N4O3. The zero-order valence-electron chi connectivity index (χ0n) is 15.5. The summed E-state index contributed by atoms with van der Waals surface area (Å²) in [6, 6.07) is 11.4. The quantitative estimate of drug-likeness (QED) is 0.358. The summed E-state index contributed by atoms with van der Waals surface area (Å²) in [6.45, 7) is 2.41. The minimum absolute atomic E-state index is 0.230. The van der Waals surface area contributed by atoms with Crippen molar-refractivity contribution in [3.8, 4) is 5.75 Å². The molecule has 144 valence electrons. The van der Waals surface area contributed by atoms with E-state index in [2.05, 4.69) is 20.9 Å². The van der Waals surface area contributed by atoms with Crippen LogP contribution in [0.15, 0.2) is 52.1 Å². The molecule has 0 saturated heterocycles. The lowest BCUT2D eigenvalue weighted by Crippen LogP contribution is -2.41. The molecule has 2 aromatic rings. The Balaban J connectivity index is 1.39. The molecule has 3 rings (SSSR count). The van der Waals surface area contributed by atoms with Crippen molar-refractivity contribution >= 4 is 11.9 Å². The van der Waals surface area contributed by atoms with Crippen LogP contribution in [0.1, 0.15) is 29.0 Å². The molecule has 1 heterocycles. The predicted octanol–water partition coefficient (Wildman–Crippen LogP) is 2.16. The molecule has 0 bridgehead atoms. The molecule has 1 saturated carbocycles. The van der Waals surface area contributed by atoms with Crippen LogP contribution in [0.25, 0.3) is 0 Å². The summed E-state index contributed by atoms with van der Waals surface area (Å²) in [5.41, 5.74) is 1.09. The van der Waals surface area contributed by atoms with E-state index in [0.717, 1.165) is 23.8 Å². The molecule has 1 aliphatic rings. The SMILES string of the molecule is CN=C(NCCNC(=O)c1ccco1)NCc1ccccc1OCC1CC1. The maximum atomic E-state index is 11.8. The van der Waals surface area contributed by atoms with Crippen LogP contribution in [0.4, 0.5) is 0 Å². The van der Waals surface area contributed by atoms with E-state index >= 15 is 0 Å². The molecule has 0 aliphatic heterocycles. The van der Waals surface area contributed by atoms with E-state index in [1.54, 1.807) is 19.2 Å². The Labute approximate surface area is 159 Å². The lowest BCUT2D eigenvalue weighted by molar-refractivity contribution is 0.0926. The Kier molecular flexibility index (Phi) is 6.73. The molecule has 1 aliphatic carbocycles. The van der Waals surface area contributed by atoms with E-state index in [0.29, 0.717) is 31.4 Å². The number of guanidine groups is 1. The van der Waals surface area contributed by atoms with Crippen LogP contribution in [0.5, 0.6) is 5.75 Å². The van der Waals surface area contributed by atoms with Crippen LogP contribution in [0.3, 0.4) is 0 Å². The molecule has 0 spiro atoms. The van der Waals surface area contributed by atoms with Gasteiger partial charge in [-0.2, -0.15) is 0 Å². The van der Waals surface area contributed by atoms with Crippen molar-refractivity contribution in [1.82, 2.24) is 16.0 Å². The smallest absolute Gasteiger partial charge is 0.287 e. The van der Waals surface area contributed by atoms with E-state index < -0.39 is 0 Å². The van der Waals surface area contributed by atoms with E-state index in [1.807, 2.05) is 24.3 Å². The van der Waals surface area contributed by atoms with Gasteiger partial charge in [0.25, 0.3) is 5.91 Å². The highest BCUT2D eigenvalue weighted by Crippen LogP contribution is 2.30. The number of para-hydroxylation sites is 1. The first-order valence-electron chi connectivity index (χ1n) is 9.23. The molecule has 7 heteroatoms. The van der Waals surface area contributed by atoms with Crippen molar-refractivity contribution in [2.24, 2.45) is 10.9 Å². The summed E-state index contributed by atoms with van der Waals surface area (Å²) in [6.07, 6.45) is 4.02. The number of furan rings is 1. The second-order valence-electron chi connectivity index (χ2n) is 6.45. The molecule has 0 radical (unpaired) electrons. The zero-order valence-corrected chi connectivity index (χ0v) is 15.5. The van der Waals surface area contributed by atoms with Crippen molar-refractivity contribution < 1.29 is 13.9 Å². The third-order valence-corrected chi connectivity index (χ3v) is 4.26. The van der Waals surface area contributed by atoms with Gasteiger partial charge >= 0.3 is 0 Å². The number of nitrogens with one attached hydrogen (secondary N) is 3. The van der Waals surface area contributed by atoms with Gasteiger partial charge < -0.3 is 25.1 Å². The lowest BCUT2D eigenvalue weighted by atomic mass is 10.2. The Morgan fingerprint density at radius 3 is 2.70 bits per heavy atom. The van der Waals surface area contributed by atoms with Gasteiger partial charge in [0.1, 0.15) is 5.75 Å². The van der Waals surface area contributed by atoms with Gasteiger partial charge in [0.2, 0.25) is 0 Å². The summed E-state index contributed by atoms with van der Waals surface area (Å²) in [5.74, 6) is 2.38. The van der Waals surface area contributed by atoms with Crippen molar-refractivity contribution in [3.05, 3.63) is 54.0 Å². The summed E-state index contributed by atoms with van der Waals surface area (Å²) >= 11 is 0.